The quantitative estimate of drug-likeness (QED) is 0.778. The van der Waals surface area contributed by atoms with Crippen LogP contribution in [-0.4, -0.2) is 5.24 Å². The average molecular weight is 252 g/mol. The van der Waals surface area contributed by atoms with Gasteiger partial charge in [-0.25, -0.2) is 0 Å². The second-order valence-corrected chi connectivity index (χ2v) is 4.21. The number of carbonyl (C=O) groups excluding carboxylic acids is 1. The van der Waals surface area contributed by atoms with Gasteiger partial charge in [0, 0.05) is 14.7 Å². The predicted molar refractivity (Wildman–Crippen MR) is 53.2 cm³/mol. The number of carbonyl (C=O) groups is 1. The first-order chi connectivity index (χ1) is 5.18. The van der Waals surface area contributed by atoms with E-state index in [0.717, 1.165) is 9.35 Å². The number of hydrogen-bond donors (Lipinski definition) is 2. The van der Waals surface area contributed by atoms with Gasteiger partial charge in [-0.2, -0.15) is 0 Å². The average Bonchev–Trinajstić information content (AvgIpc) is 2.31. The summed E-state index contributed by atoms with van der Waals surface area (Å²) in [5.41, 5.74) is 0. The maximum absolute atomic E-state index is 10.4. The lowest BCUT2D eigenvalue weighted by Gasteiger charge is -1.95. The zero-order chi connectivity index (χ0) is 8.27. The van der Waals surface area contributed by atoms with Crippen molar-refractivity contribution in [2.45, 2.75) is 6.54 Å². The van der Waals surface area contributed by atoms with Gasteiger partial charge in [0.15, 0.2) is 0 Å². The van der Waals surface area contributed by atoms with Crippen LogP contribution in [0.1, 0.15) is 4.88 Å². The molecule has 0 radical (unpaired) electrons. The molecule has 2 nitrogen and oxygen atoms in total. The molecule has 0 saturated heterocycles. The molecule has 0 aliphatic rings. The SMILES string of the molecule is O=C(S)NCc1cc(Br)cs1. The van der Waals surface area contributed by atoms with Crippen LogP contribution in [0.25, 0.3) is 0 Å². The van der Waals surface area contributed by atoms with Crippen molar-refractivity contribution in [2.75, 3.05) is 0 Å². The van der Waals surface area contributed by atoms with Crippen LogP contribution in [0.2, 0.25) is 0 Å². The van der Waals surface area contributed by atoms with Crippen LogP contribution >= 0.6 is 39.9 Å². The van der Waals surface area contributed by atoms with Gasteiger partial charge in [-0.1, -0.05) is 12.6 Å². The van der Waals surface area contributed by atoms with Crippen LogP contribution in [0.5, 0.6) is 0 Å². The molecule has 0 atom stereocenters. The molecule has 0 fully saturated rings. The normalized spacial score (nSPS) is 9.64. The smallest absolute Gasteiger partial charge is 0.276 e. The fourth-order valence-corrected chi connectivity index (χ4v) is 2.08. The topological polar surface area (TPSA) is 29.1 Å². The monoisotopic (exact) mass is 251 g/mol. The van der Waals surface area contributed by atoms with Crippen molar-refractivity contribution >= 4 is 45.1 Å². The van der Waals surface area contributed by atoms with Gasteiger partial charge in [-0.3, -0.25) is 4.79 Å². The maximum Gasteiger partial charge on any atom is 0.276 e. The molecule has 0 aliphatic heterocycles. The number of thiol groups is 1. The van der Waals surface area contributed by atoms with E-state index in [1.165, 1.54) is 0 Å². The van der Waals surface area contributed by atoms with E-state index < -0.39 is 0 Å². The van der Waals surface area contributed by atoms with Crippen LogP contribution in [0.15, 0.2) is 15.9 Å². The summed E-state index contributed by atoms with van der Waals surface area (Å²) in [5, 5.41) is 4.27. The molecule has 1 aromatic heterocycles. The lowest BCUT2D eigenvalue weighted by molar-refractivity contribution is 0.261. The van der Waals surface area contributed by atoms with Crippen molar-refractivity contribution in [3.8, 4) is 0 Å². The Hall–Kier alpha value is -0.0000000000000000833. The van der Waals surface area contributed by atoms with Gasteiger partial charge >= 0.3 is 0 Å². The van der Waals surface area contributed by atoms with Gasteiger partial charge in [0.05, 0.1) is 6.54 Å². The molecule has 0 spiro atoms. The number of hydrogen-bond acceptors (Lipinski definition) is 2. The fourth-order valence-electron chi connectivity index (χ4n) is 0.609. The minimum absolute atomic E-state index is 0.297. The van der Waals surface area contributed by atoms with Crippen molar-refractivity contribution in [3.05, 3.63) is 20.8 Å². The minimum Gasteiger partial charge on any atom is -0.342 e. The van der Waals surface area contributed by atoms with Crippen molar-refractivity contribution in [1.82, 2.24) is 5.32 Å². The maximum atomic E-state index is 10.4. The van der Waals surface area contributed by atoms with Crippen molar-refractivity contribution in [1.29, 1.82) is 0 Å². The molecule has 1 N–H and O–H groups in total. The Morgan fingerprint density at radius 3 is 3.00 bits per heavy atom. The summed E-state index contributed by atoms with van der Waals surface area (Å²) in [5.74, 6) is 0. The van der Waals surface area contributed by atoms with E-state index in [2.05, 4.69) is 33.9 Å². The number of amides is 1. The van der Waals surface area contributed by atoms with E-state index in [1.54, 1.807) is 11.3 Å². The highest BCUT2D eigenvalue weighted by atomic mass is 79.9. The van der Waals surface area contributed by atoms with Crippen LogP contribution in [0, 0.1) is 0 Å². The highest BCUT2D eigenvalue weighted by Gasteiger charge is 1.97. The third-order valence-electron chi connectivity index (χ3n) is 1.04. The highest BCUT2D eigenvalue weighted by Crippen LogP contribution is 2.19. The summed E-state index contributed by atoms with van der Waals surface area (Å²) in [6.07, 6.45) is 0. The highest BCUT2D eigenvalue weighted by molar-refractivity contribution is 9.10. The van der Waals surface area contributed by atoms with E-state index in [1.807, 2.05) is 11.4 Å². The first kappa shape index (κ1) is 9.09. The minimum atomic E-state index is -0.297. The molecule has 0 aromatic carbocycles. The molecule has 1 heterocycles. The van der Waals surface area contributed by atoms with Crippen LogP contribution < -0.4 is 5.32 Å². The van der Waals surface area contributed by atoms with Gasteiger partial charge in [0.25, 0.3) is 5.24 Å². The Balaban J connectivity index is 2.45. The van der Waals surface area contributed by atoms with Crippen LogP contribution in [0.4, 0.5) is 4.79 Å². The summed E-state index contributed by atoms with van der Waals surface area (Å²) in [6, 6.07) is 1.97. The molecular weight excluding hydrogens is 246 g/mol. The molecule has 11 heavy (non-hydrogen) atoms. The number of nitrogens with one attached hydrogen (secondary N) is 1. The van der Waals surface area contributed by atoms with Crippen molar-refractivity contribution < 1.29 is 4.79 Å². The van der Waals surface area contributed by atoms with E-state index in [9.17, 15) is 4.79 Å². The Morgan fingerprint density at radius 1 is 1.82 bits per heavy atom. The molecule has 0 aliphatic carbocycles. The zero-order valence-corrected chi connectivity index (χ0v) is 8.80. The van der Waals surface area contributed by atoms with Gasteiger partial charge in [-0.05, 0) is 22.0 Å². The Kier molecular flexibility index (Phi) is 3.42. The fraction of sp³-hybridized carbons (Fsp3) is 0.167. The van der Waals surface area contributed by atoms with Gasteiger partial charge in [-0.15, -0.1) is 11.3 Å². The second kappa shape index (κ2) is 4.13. The van der Waals surface area contributed by atoms with Gasteiger partial charge < -0.3 is 5.32 Å². The lowest BCUT2D eigenvalue weighted by Crippen LogP contribution is -2.14. The van der Waals surface area contributed by atoms with E-state index in [-0.39, 0.29) is 5.24 Å². The van der Waals surface area contributed by atoms with E-state index >= 15 is 0 Å². The summed E-state index contributed by atoms with van der Waals surface area (Å²) in [4.78, 5) is 11.5. The molecule has 1 aromatic rings. The third-order valence-corrected chi connectivity index (χ3v) is 2.89. The molecular formula is C6H6BrNOS2. The number of thiophene rings is 1. The summed E-state index contributed by atoms with van der Waals surface area (Å²) in [7, 11) is 0. The molecule has 0 bridgehead atoms. The Bertz CT molecular complexity index is 261. The zero-order valence-electron chi connectivity index (χ0n) is 5.50. The van der Waals surface area contributed by atoms with Crippen molar-refractivity contribution in [3.63, 3.8) is 0 Å². The van der Waals surface area contributed by atoms with Crippen LogP contribution in [0.3, 0.4) is 0 Å². The summed E-state index contributed by atoms with van der Waals surface area (Å²) >= 11 is 8.49. The van der Waals surface area contributed by atoms with Crippen LogP contribution in [-0.2, 0) is 6.54 Å². The molecule has 1 rings (SSSR count). The van der Waals surface area contributed by atoms with Gasteiger partial charge in [0.2, 0.25) is 0 Å². The molecule has 1 amide bonds. The van der Waals surface area contributed by atoms with Gasteiger partial charge in [0.1, 0.15) is 0 Å². The van der Waals surface area contributed by atoms with E-state index in [4.69, 9.17) is 0 Å². The standard InChI is InChI=1S/C6H6BrNOS2/c7-4-1-5(11-3-4)2-8-6(9)10/h1,3H,2H2,(H2,8,9,10). The van der Waals surface area contributed by atoms with E-state index in [0.29, 0.717) is 6.54 Å². The summed E-state index contributed by atoms with van der Waals surface area (Å²) in [6.45, 7) is 0.554. The Labute approximate surface area is 82.5 Å². The number of halogens is 1. The molecule has 60 valence electrons. The lowest BCUT2D eigenvalue weighted by atomic mass is 10.5. The molecule has 0 saturated carbocycles. The Morgan fingerprint density at radius 2 is 2.55 bits per heavy atom. The predicted octanol–water partition coefficient (Wildman–Crippen LogP) is 2.65. The summed E-state index contributed by atoms with van der Waals surface area (Å²) < 4.78 is 1.05. The second-order valence-electron chi connectivity index (χ2n) is 1.89. The third kappa shape index (κ3) is 3.27. The first-order valence-electron chi connectivity index (χ1n) is 2.88. The largest absolute Gasteiger partial charge is 0.342 e. The van der Waals surface area contributed by atoms with Crippen molar-refractivity contribution in [2.24, 2.45) is 0 Å². The molecule has 5 heteroatoms. The number of rotatable bonds is 2. The first-order valence-corrected chi connectivity index (χ1v) is 5.00. The molecule has 0 unspecified atom stereocenters.